The third-order valence-electron chi connectivity index (χ3n) is 5.16. The van der Waals surface area contributed by atoms with Gasteiger partial charge in [-0.1, -0.05) is 37.3 Å². The van der Waals surface area contributed by atoms with Gasteiger partial charge in [-0.3, -0.25) is 4.90 Å². The summed E-state index contributed by atoms with van der Waals surface area (Å²) in [4.78, 5) is 2.07. The second kappa shape index (κ2) is 5.38. The lowest BCUT2D eigenvalue weighted by Gasteiger charge is -2.56. The first kappa shape index (κ1) is 15.3. The highest BCUT2D eigenvalue weighted by molar-refractivity contribution is 7.80. The number of rotatable bonds is 2. The third kappa shape index (κ3) is 2.01. The van der Waals surface area contributed by atoms with Crippen LogP contribution in [0.4, 0.5) is 5.69 Å². The number of hydrogen-bond acceptors (Lipinski definition) is 3. The zero-order valence-corrected chi connectivity index (χ0v) is 14.8. The Bertz CT molecular complexity index is 795. The third-order valence-corrected chi connectivity index (χ3v) is 5.46. The number of thiocarbonyl (C=S) groups is 1. The maximum Gasteiger partial charge on any atom is 0.191 e. The van der Waals surface area contributed by atoms with Crippen LogP contribution >= 0.6 is 12.2 Å². The summed E-state index contributed by atoms with van der Waals surface area (Å²) in [6, 6.07) is 16.2. The van der Waals surface area contributed by atoms with Crippen molar-refractivity contribution in [3.05, 3.63) is 54.1 Å². The van der Waals surface area contributed by atoms with Crippen molar-refractivity contribution in [1.29, 1.82) is 0 Å². The molecule has 0 radical (unpaired) electrons. The molecule has 2 aromatic rings. The fraction of sp³-hybridized carbons (Fsp3) is 0.316. The van der Waals surface area contributed by atoms with Crippen LogP contribution in [0.2, 0.25) is 0 Å². The van der Waals surface area contributed by atoms with Gasteiger partial charge in [-0.25, -0.2) is 0 Å². The Morgan fingerprint density at radius 3 is 2.62 bits per heavy atom. The van der Waals surface area contributed by atoms with Crippen LogP contribution in [0.15, 0.2) is 48.5 Å². The molecule has 2 aliphatic rings. The van der Waals surface area contributed by atoms with Crippen molar-refractivity contribution in [3.8, 4) is 11.5 Å². The zero-order chi connectivity index (χ0) is 16.9. The van der Waals surface area contributed by atoms with Crippen LogP contribution in [0.3, 0.4) is 0 Å². The van der Waals surface area contributed by atoms with E-state index in [2.05, 4.69) is 30.1 Å². The molecule has 0 aliphatic carbocycles. The highest BCUT2D eigenvalue weighted by Gasteiger charge is 2.54. The molecule has 4 nitrogen and oxygen atoms in total. The molecule has 124 valence electrons. The molecule has 2 bridgehead atoms. The second-order valence-corrected chi connectivity index (χ2v) is 6.81. The van der Waals surface area contributed by atoms with Crippen LogP contribution < -0.4 is 19.7 Å². The minimum atomic E-state index is -0.587. The molecule has 0 unspecified atom stereocenters. The Morgan fingerprint density at radius 2 is 1.92 bits per heavy atom. The fourth-order valence-electron chi connectivity index (χ4n) is 3.73. The highest BCUT2D eigenvalue weighted by Crippen LogP contribution is 2.51. The molecule has 24 heavy (non-hydrogen) atoms. The maximum atomic E-state index is 6.54. The summed E-state index contributed by atoms with van der Waals surface area (Å²) >= 11 is 5.68. The minimum absolute atomic E-state index is 0.0984. The van der Waals surface area contributed by atoms with E-state index in [9.17, 15) is 0 Å². The number of fused-ring (bicyclic) bond motifs is 4. The van der Waals surface area contributed by atoms with Gasteiger partial charge in [0.25, 0.3) is 0 Å². The number of hydrogen-bond donors (Lipinski definition) is 1. The summed E-state index contributed by atoms with van der Waals surface area (Å²) in [6.07, 6.45) is 0. The van der Waals surface area contributed by atoms with Crippen LogP contribution in [-0.4, -0.2) is 17.9 Å². The quantitative estimate of drug-likeness (QED) is 0.839. The van der Waals surface area contributed by atoms with Crippen molar-refractivity contribution in [2.45, 2.75) is 25.6 Å². The van der Waals surface area contributed by atoms with Crippen LogP contribution in [0.1, 0.15) is 25.5 Å². The van der Waals surface area contributed by atoms with Gasteiger partial charge in [0.15, 0.2) is 22.3 Å². The van der Waals surface area contributed by atoms with E-state index in [1.165, 1.54) is 0 Å². The maximum absolute atomic E-state index is 6.54. The number of ether oxygens (including phenoxy) is 2. The first-order chi connectivity index (χ1) is 11.6. The van der Waals surface area contributed by atoms with Gasteiger partial charge in [-0.15, -0.1) is 0 Å². The smallest absolute Gasteiger partial charge is 0.191 e. The number of benzene rings is 2. The van der Waals surface area contributed by atoms with Crippen molar-refractivity contribution >= 4 is 23.0 Å². The Kier molecular flexibility index (Phi) is 3.42. The van der Waals surface area contributed by atoms with Crippen molar-refractivity contribution in [3.63, 3.8) is 0 Å². The van der Waals surface area contributed by atoms with E-state index in [-0.39, 0.29) is 12.0 Å². The average Bonchev–Trinajstić information content (AvgIpc) is 2.58. The molecular weight excluding hydrogens is 320 g/mol. The lowest BCUT2D eigenvalue weighted by Crippen LogP contribution is -2.69. The van der Waals surface area contributed by atoms with Gasteiger partial charge >= 0.3 is 0 Å². The van der Waals surface area contributed by atoms with E-state index in [1.807, 2.05) is 42.5 Å². The molecule has 0 saturated carbocycles. The lowest BCUT2D eigenvalue weighted by molar-refractivity contribution is -0.00546. The van der Waals surface area contributed by atoms with Gasteiger partial charge < -0.3 is 14.8 Å². The molecule has 2 heterocycles. The predicted octanol–water partition coefficient (Wildman–Crippen LogP) is 3.88. The largest absolute Gasteiger partial charge is 0.493 e. The van der Waals surface area contributed by atoms with E-state index in [4.69, 9.17) is 21.7 Å². The number of nitrogens with zero attached hydrogens (tertiary/aromatic N) is 1. The monoisotopic (exact) mass is 340 g/mol. The minimum Gasteiger partial charge on any atom is -0.493 e. The van der Waals surface area contributed by atoms with Crippen LogP contribution in [-0.2, 0) is 0 Å². The van der Waals surface area contributed by atoms with Gasteiger partial charge in [0, 0.05) is 17.2 Å². The van der Waals surface area contributed by atoms with E-state index in [0.29, 0.717) is 5.11 Å². The van der Waals surface area contributed by atoms with Crippen molar-refractivity contribution in [2.75, 3.05) is 12.0 Å². The summed E-state index contributed by atoms with van der Waals surface area (Å²) in [5.74, 6) is 1.74. The van der Waals surface area contributed by atoms with Gasteiger partial charge in [0.1, 0.15) is 0 Å². The molecule has 1 fully saturated rings. The molecule has 2 aromatic carbocycles. The Labute approximate surface area is 147 Å². The normalized spacial score (nSPS) is 27.8. The molecule has 0 aromatic heterocycles. The van der Waals surface area contributed by atoms with E-state index in [0.717, 1.165) is 22.7 Å². The molecule has 0 spiro atoms. The SMILES string of the molecule is COc1cccc2c1O[C@@]1(C)[C@H](C)[C@H]2NC(=S)N1c1ccccc1. The van der Waals surface area contributed by atoms with Gasteiger partial charge in [-0.2, -0.15) is 0 Å². The molecule has 0 amide bonds. The van der Waals surface area contributed by atoms with Crippen molar-refractivity contribution in [1.82, 2.24) is 5.32 Å². The van der Waals surface area contributed by atoms with Crippen molar-refractivity contribution < 1.29 is 9.47 Å². The van der Waals surface area contributed by atoms with Gasteiger partial charge in [0.05, 0.1) is 13.2 Å². The molecular formula is C19H20N2O2S. The lowest BCUT2D eigenvalue weighted by atomic mass is 9.80. The summed E-state index contributed by atoms with van der Waals surface area (Å²) in [7, 11) is 1.67. The molecule has 2 aliphatic heterocycles. The Hall–Kier alpha value is -2.27. The average molecular weight is 340 g/mol. The highest BCUT2D eigenvalue weighted by atomic mass is 32.1. The first-order valence-corrected chi connectivity index (χ1v) is 8.49. The van der Waals surface area contributed by atoms with Gasteiger partial charge in [0.2, 0.25) is 0 Å². The molecule has 4 rings (SSSR count). The summed E-state index contributed by atoms with van der Waals surface area (Å²) in [5, 5.41) is 4.18. The fourth-order valence-corrected chi connectivity index (χ4v) is 4.14. The number of methoxy groups -OCH3 is 1. The zero-order valence-electron chi connectivity index (χ0n) is 13.9. The van der Waals surface area contributed by atoms with Crippen LogP contribution in [0.5, 0.6) is 11.5 Å². The molecule has 5 heteroatoms. The van der Waals surface area contributed by atoms with E-state index < -0.39 is 5.72 Å². The summed E-state index contributed by atoms with van der Waals surface area (Å²) < 4.78 is 12.1. The molecule has 1 N–H and O–H groups in total. The van der Waals surface area contributed by atoms with Gasteiger partial charge in [-0.05, 0) is 37.3 Å². The molecule has 3 atom stereocenters. The number of anilines is 1. The standard InChI is InChI=1S/C19H20N2O2S/c1-12-16-14-10-7-11-15(22-3)17(14)23-19(12,2)21(18(24)20-16)13-8-5-4-6-9-13/h4-12,16H,1-3H3,(H,20,24)/t12-,16-,19+/m1/s1. The van der Waals surface area contributed by atoms with Crippen LogP contribution in [0.25, 0.3) is 0 Å². The Balaban J connectivity index is 1.88. The summed E-state index contributed by atoms with van der Waals surface area (Å²) in [6.45, 7) is 4.29. The second-order valence-electron chi connectivity index (χ2n) is 6.42. The van der Waals surface area contributed by atoms with Crippen molar-refractivity contribution in [2.24, 2.45) is 5.92 Å². The number of para-hydroxylation sites is 2. The number of nitrogens with one attached hydrogen (secondary N) is 1. The summed E-state index contributed by atoms with van der Waals surface area (Å²) in [5.41, 5.74) is 1.52. The molecule has 1 saturated heterocycles. The first-order valence-electron chi connectivity index (χ1n) is 8.08. The topological polar surface area (TPSA) is 33.7 Å². The predicted molar refractivity (Wildman–Crippen MR) is 98.6 cm³/mol. The van der Waals surface area contributed by atoms with E-state index >= 15 is 0 Å². The Morgan fingerprint density at radius 1 is 1.17 bits per heavy atom. The van der Waals surface area contributed by atoms with Crippen LogP contribution in [0, 0.1) is 5.92 Å². The van der Waals surface area contributed by atoms with E-state index in [1.54, 1.807) is 7.11 Å².